The number of aromatic nitrogens is 2. The highest BCUT2D eigenvalue weighted by molar-refractivity contribution is 7.89. The molecule has 1 aromatic heterocycles. The Kier molecular flexibility index (Phi) is 4.89. The Labute approximate surface area is 166 Å². The first kappa shape index (κ1) is 19.2. The van der Waals surface area contributed by atoms with Gasteiger partial charge >= 0.3 is 0 Å². The van der Waals surface area contributed by atoms with Gasteiger partial charge in [-0.3, -0.25) is 0 Å². The van der Waals surface area contributed by atoms with Gasteiger partial charge in [0.05, 0.1) is 15.9 Å². The van der Waals surface area contributed by atoms with Crippen molar-refractivity contribution in [3.05, 3.63) is 83.7 Å². The van der Waals surface area contributed by atoms with E-state index in [2.05, 4.69) is 9.97 Å². The SMILES string of the molecule is NS(=O)(=O)c1ccccc1-c1ccc2[nH]c(CCc3ccc(F)c(F)c3)nc2c1. The van der Waals surface area contributed by atoms with Crippen molar-refractivity contribution >= 4 is 21.1 Å². The van der Waals surface area contributed by atoms with E-state index >= 15 is 0 Å². The molecule has 0 aliphatic heterocycles. The second-order valence-electron chi connectivity index (χ2n) is 6.71. The minimum absolute atomic E-state index is 0.0495. The zero-order valence-electron chi connectivity index (χ0n) is 15.2. The van der Waals surface area contributed by atoms with E-state index in [1.54, 1.807) is 36.4 Å². The second kappa shape index (κ2) is 7.38. The highest BCUT2D eigenvalue weighted by Crippen LogP contribution is 2.28. The lowest BCUT2D eigenvalue weighted by atomic mass is 10.1. The molecule has 0 spiro atoms. The molecular weight excluding hydrogens is 396 g/mol. The smallest absolute Gasteiger partial charge is 0.238 e. The fraction of sp³-hybridized carbons (Fsp3) is 0.0952. The van der Waals surface area contributed by atoms with E-state index in [-0.39, 0.29) is 4.90 Å². The number of hydrogen-bond donors (Lipinski definition) is 2. The number of nitrogens with two attached hydrogens (primary N) is 1. The van der Waals surface area contributed by atoms with Gasteiger partial charge in [-0.1, -0.05) is 30.3 Å². The molecule has 0 amide bonds. The molecule has 0 fully saturated rings. The Morgan fingerprint density at radius 2 is 1.72 bits per heavy atom. The van der Waals surface area contributed by atoms with Gasteiger partial charge in [0.2, 0.25) is 10.0 Å². The maximum Gasteiger partial charge on any atom is 0.238 e. The molecule has 0 radical (unpaired) electrons. The molecule has 4 aromatic rings. The summed E-state index contributed by atoms with van der Waals surface area (Å²) < 4.78 is 50.1. The van der Waals surface area contributed by atoms with Gasteiger partial charge in [-0.25, -0.2) is 27.3 Å². The molecule has 3 N–H and O–H groups in total. The number of hydrogen-bond acceptors (Lipinski definition) is 3. The van der Waals surface area contributed by atoms with Gasteiger partial charge in [0.15, 0.2) is 11.6 Å². The number of benzene rings is 3. The predicted molar refractivity (Wildman–Crippen MR) is 107 cm³/mol. The summed E-state index contributed by atoms with van der Waals surface area (Å²) in [6.45, 7) is 0. The molecule has 0 saturated heterocycles. The molecule has 0 aliphatic carbocycles. The summed E-state index contributed by atoms with van der Waals surface area (Å²) in [4.78, 5) is 7.78. The van der Waals surface area contributed by atoms with Crippen LogP contribution in [0.5, 0.6) is 0 Å². The Morgan fingerprint density at radius 1 is 0.931 bits per heavy atom. The van der Waals surface area contributed by atoms with E-state index in [9.17, 15) is 17.2 Å². The first-order valence-corrected chi connectivity index (χ1v) is 10.4. The maximum absolute atomic E-state index is 13.3. The van der Waals surface area contributed by atoms with Gasteiger partial charge in [0, 0.05) is 12.0 Å². The van der Waals surface area contributed by atoms with Crippen LogP contribution in [0.15, 0.2) is 65.6 Å². The van der Waals surface area contributed by atoms with Crippen LogP contribution in [0.2, 0.25) is 0 Å². The Hall–Kier alpha value is -3.10. The van der Waals surface area contributed by atoms with Gasteiger partial charge < -0.3 is 4.98 Å². The van der Waals surface area contributed by atoms with Gasteiger partial charge in [-0.15, -0.1) is 0 Å². The van der Waals surface area contributed by atoms with Crippen LogP contribution in [-0.4, -0.2) is 18.4 Å². The number of halogens is 2. The minimum Gasteiger partial charge on any atom is -0.342 e. The van der Waals surface area contributed by atoms with Crippen LogP contribution in [0.25, 0.3) is 22.2 Å². The highest BCUT2D eigenvalue weighted by Gasteiger charge is 2.15. The van der Waals surface area contributed by atoms with Gasteiger partial charge in [-0.2, -0.15) is 0 Å². The lowest BCUT2D eigenvalue weighted by Crippen LogP contribution is -2.13. The Balaban J connectivity index is 1.63. The summed E-state index contributed by atoms with van der Waals surface area (Å²) in [6, 6.07) is 15.8. The molecular formula is C21H17F2N3O2S. The molecule has 0 aliphatic rings. The summed E-state index contributed by atoms with van der Waals surface area (Å²) in [5.74, 6) is -1.04. The van der Waals surface area contributed by atoms with E-state index in [1.165, 1.54) is 12.1 Å². The molecule has 8 heteroatoms. The molecule has 29 heavy (non-hydrogen) atoms. The summed E-state index contributed by atoms with van der Waals surface area (Å²) in [6.07, 6.45) is 1.01. The fourth-order valence-electron chi connectivity index (χ4n) is 3.26. The molecule has 0 saturated carbocycles. The van der Waals surface area contributed by atoms with Crippen LogP contribution in [0.3, 0.4) is 0 Å². The quantitative estimate of drug-likeness (QED) is 0.519. The second-order valence-corrected chi connectivity index (χ2v) is 8.23. The van der Waals surface area contributed by atoms with Crippen molar-refractivity contribution < 1.29 is 17.2 Å². The van der Waals surface area contributed by atoms with Gasteiger partial charge in [0.25, 0.3) is 0 Å². The zero-order chi connectivity index (χ0) is 20.6. The van der Waals surface area contributed by atoms with E-state index in [0.717, 1.165) is 11.6 Å². The number of sulfonamides is 1. The molecule has 5 nitrogen and oxygen atoms in total. The fourth-order valence-corrected chi connectivity index (χ4v) is 4.02. The van der Waals surface area contributed by atoms with E-state index in [0.29, 0.717) is 40.9 Å². The van der Waals surface area contributed by atoms with Crippen molar-refractivity contribution in [2.24, 2.45) is 5.14 Å². The van der Waals surface area contributed by atoms with Crippen molar-refractivity contribution in [3.8, 4) is 11.1 Å². The molecule has 148 valence electrons. The Morgan fingerprint density at radius 3 is 2.48 bits per heavy atom. The topological polar surface area (TPSA) is 88.8 Å². The number of fused-ring (bicyclic) bond motifs is 1. The number of nitrogens with one attached hydrogen (secondary N) is 1. The van der Waals surface area contributed by atoms with Crippen LogP contribution >= 0.6 is 0 Å². The number of primary sulfonamides is 1. The largest absolute Gasteiger partial charge is 0.342 e. The zero-order valence-corrected chi connectivity index (χ0v) is 16.0. The van der Waals surface area contributed by atoms with Crippen LogP contribution in [0.1, 0.15) is 11.4 Å². The molecule has 0 unspecified atom stereocenters. The van der Waals surface area contributed by atoms with Crippen molar-refractivity contribution in [1.82, 2.24) is 9.97 Å². The number of nitrogens with zero attached hydrogens (tertiary/aromatic N) is 1. The summed E-state index contributed by atoms with van der Waals surface area (Å²) in [7, 11) is -3.86. The minimum atomic E-state index is -3.86. The summed E-state index contributed by atoms with van der Waals surface area (Å²) >= 11 is 0. The number of aromatic amines is 1. The standard InChI is InChI=1S/C21H17F2N3O2S/c22-16-8-5-13(11-17(16)23)6-10-21-25-18-9-7-14(12-19(18)26-21)15-3-1-2-4-20(15)29(24,27)28/h1-5,7-9,11-12H,6,10H2,(H,25,26)(H2,24,27,28). The number of imidazole rings is 1. The lowest BCUT2D eigenvalue weighted by molar-refractivity contribution is 0.507. The van der Waals surface area contributed by atoms with Crippen LogP contribution in [0.4, 0.5) is 8.78 Å². The lowest BCUT2D eigenvalue weighted by Gasteiger charge is -2.07. The average molecular weight is 413 g/mol. The average Bonchev–Trinajstić information content (AvgIpc) is 3.10. The van der Waals surface area contributed by atoms with Crippen molar-refractivity contribution in [2.75, 3.05) is 0 Å². The van der Waals surface area contributed by atoms with Crippen LogP contribution in [0, 0.1) is 11.6 Å². The molecule has 4 rings (SSSR count). The first-order chi connectivity index (χ1) is 13.8. The third-order valence-corrected chi connectivity index (χ3v) is 5.64. The van der Waals surface area contributed by atoms with Crippen molar-refractivity contribution in [1.29, 1.82) is 0 Å². The molecule has 0 atom stereocenters. The Bertz CT molecular complexity index is 1320. The van der Waals surface area contributed by atoms with E-state index in [4.69, 9.17) is 5.14 Å². The van der Waals surface area contributed by atoms with E-state index in [1.807, 2.05) is 6.07 Å². The molecule has 3 aromatic carbocycles. The normalized spacial score (nSPS) is 11.8. The van der Waals surface area contributed by atoms with Gasteiger partial charge in [-0.05, 0) is 47.9 Å². The number of rotatable bonds is 5. The van der Waals surface area contributed by atoms with Crippen molar-refractivity contribution in [2.45, 2.75) is 17.7 Å². The highest BCUT2D eigenvalue weighted by atomic mass is 32.2. The monoisotopic (exact) mass is 413 g/mol. The van der Waals surface area contributed by atoms with Crippen molar-refractivity contribution in [3.63, 3.8) is 0 Å². The van der Waals surface area contributed by atoms with Crippen LogP contribution in [-0.2, 0) is 22.9 Å². The number of aryl methyl sites for hydroxylation is 2. The van der Waals surface area contributed by atoms with Gasteiger partial charge in [0.1, 0.15) is 5.82 Å². The molecule has 1 heterocycles. The third-order valence-electron chi connectivity index (χ3n) is 4.67. The predicted octanol–water partition coefficient (Wildman–Crippen LogP) is 3.94. The molecule has 0 bridgehead atoms. The van der Waals surface area contributed by atoms with E-state index < -0.39 is 21.7 Å². The maximum atomic E-state index is 13.3. The summed E-state index contributed by atoms with van der Waals surface area (Å²) in [5.41, 5.74) is 3.32. The third kappa shape index (κ3) is 4.03. The van der Waals surface area contributed by atoms with Crippen LogP contribution < -0.4 is 5.14 Å². The number of H-pyrrole nitrogens is 1. The first-order valence-electron chi connectivity index (χ1n) is 8.86. The summed E-state index contributed by atoms with van der Waals surface area (Å²) in [5, 5.41) is 5.33.